The van der Waals surface area contributed by atoms with Crippen molar-refractivity contribution < 1.29 is 0 Å². The van der Waals surface area contributed by atoms with E-state index >= 15 is 0 Å². The number of aromatic nitrogens is 1. The molecule has 148 valence electrons. The average molecular weight is 492 g/mol. The van der Waals surface area contributed by atoms with Crippen LogP contribution in [0.3, 0.4) is 0 Å². The summed E-state index contributed by atoms with van der Waals surface area (Å²) >= 11 is 1.68. The smallest absolute Gasteiger partial charge is 0.193 e. The highest BCUT2D eigenvalue weighted by molar-refractivity contribution is 14.0. The molecular weight excluding hydrogens is 459 g/mol. The van der Waals surface area contributed by atoms with Crippen molar-refractivity contribution in [1.82, 2.24) is 20.1 Å². The lowest BCUT2D eigenvalue weighted by atomic mass is 10.1. The molecule has 0 aromatic carbocycles. The lowest BCUT2D eigenvalue weighted by Crippen LogP contribution is -2.41. The molecule has 6 nitrogen and oxygen atoms in total. The molecule has 3 heterocycles. The fraction of sp³-hybridized carbons (Fsp3) is 0.778. The molecule has 0 spiro atoms. The quantitative estimate of drug-likeness (QED) is 0.389. The van der Waals surface area contributed by atoms with Gasteiger partial charge in [0.2, 0.25) is 0 Å². The number of hydrogen-bond donors (Lipinski definition) is 1. The number of likely N-dealkylation sites (tertiary alicyclic amines) is 2. The molecule has 0 radical (unpaired) electrons. The first-order chi connectivity index (χ1) is 12.2. The van der Waals surface area contributed by atoms with Crippen LogP contribution in [0, 0.1) is 5.92 Å². The second-order valence-corrected chi connectivity index (χ2v) is 8.22. The van der Waals surface area contributed by atoms with Crippen LogP contribution in [0.1, 0.15) is 31.4 Å². The predicted molar refractivity (Wildman–Crippen MR) is 122 cm³/mol. The van der Waals surface area contributed by atoms with Crippen LogP contribution in [0.4, 0.5) is 5.13 Å². The first-order valence-corrected chi connectivity index (χ1v) is 10.3. The van der Waals surface area contributed by atoms with Gasteiger partial charge in [-0.15, -0.1) is 35.3 Å². The van der Waals surface area contributed by atoms with Gasteiger partial charge in [0.1, 0.15) is 0 Å². The van der Waals surface area contributed by atoms with Gasteiger partial charge in [0.05, 0.1) is 12.2 Å². The number of aliphatic imine (C=N–C) groups is 1. The van der Waals surface area contributed by atoms with Crippen LogP contribution < -0.4 is 10.2 Å². The van der Waals surface area contributed by atoms with E-state index in [0.29, 0.717) is 0 Å². The molecule has 1 aromatic rings. The third kappa shape index (κ3) is 5.95. The first kappa shape index (κ1) is 21.7. The number of halogens is 1. The van der Waals surface area contributed by atoms with Crippen LogP contribution in [0.5, 0.6) is 0 Å². The van der Waals surface area contributed by atoms with Gasteiger partial charge in [-0.25, -0.2) is 4.98 Å². The minimum atomic E-state index is 0. The lowest BCUT2D eigenvalue weighted by Gasteiger charge is -2.29. The summed E-state index contributed by atoms with van der Waals surface area (Å²) in [6.45, 7) is 6.81. The molecule has 2 aliphatic rings. The molecule has 8 heteroatoms. The van der Waals surface area contributed by atoms with Crippen LogP contribution in [-0.4, -0.2) is 74.6 Å². The molecule has 2 fully saturated rings. The van der Waals surface area contributed by atoms with Crippen LogP contribution in [0.2, 0.25) is 0 Å². The van der Waals surface area contributed by atoms with Crippen molar-refractivity contribution in [1.29, 1.82) is 0 Å². The van der Waals surface area contributed by atoms with Gasteiger partial charge in [-0.05, 0) is 38.3 Å². The molecule has 2 saturated heterocycles. The van der Waals surface area contributed by atoms with E-state index in [9.17, 15) is 0 Å². The highest BCUT2D eigenvalue weighted by atomic mass is 127. The van der Waals surface area contributed by atoms with Crippen molar-refractivity contribution in [3.05, 3.63) is 11.1 Å². The summed E-state index contributed by atoms with van der Waals surface area (Å²) in [6, 6.07) is 0. The number of anilines is 1. The Kier molecular flexibility index (Phi) is 8.89. The highest BCUT2D eigenvalue weighted by Gasteiger charge is 2.27. The molecule has 0 bridgehead atoms. The van der Waals surface area contributed by atoms with Gasteiger partial charge in [0.15, 0.2) is 11.1 Å². The third-order valence-corrected chi connectivity index (χ3v) is 6.17. The van der Waals surface area contributed by atoms with E-state index in [1.165, 1.54) is 45.3 Å². The Labute approximate surface area is 179 Å². The molecule has 26 heavy (non-hydrogen) atoms. The predicted octanol–water partition coefficient (Wildman–Crippen LogP) is 2.71. The molecule has 0 aliphatic carbocycles. The SMILES string of the molecule is CN=C(NCc1csc(N(C)C)n1)N1CCC(CN2CCCCC2)C1.I. The van der Waals surface area contributed by atoms with Gasteiger partial charge in [-0.1, -0.05) is 6.42 Å². The van der Waals surface area contributed by atoms with Crippen LogP contribution in [-0.2, 0) is 6.54 Å². The zero-order valence-corrected chi connectivity index (χ0v) is 19.4. The average Bonchev–Trinajstić information content (AvgIpc) is 3.26. The number of rotatable bonds is 5. The van der Waals surface area contributed by atoms with E-state index in [2.05, 4.69) is 35.4 Å². The number of guanidine groups is 1. The first-order valence-electron chi connectivity index (χ1n) is 9.45. The normalized spacial score (nSPS) is 21.6. The minimum Gasteiger partial charge on any atom is -0.354 e. The number of nitrogens with zero attached hydrogens (tertiary/aromatic N) is 5. The topological polar surface area (TPSA) is 47.0 Å². The highest BCUT2D eigenvalue weighted by Crippen LogP contribution is 2.21. The molecule has 0 amide bonds. The zero-order valence-electron chi connectivity index (χ0n) is 16.3. The molecular formula is C18H33IN6S. The largest absolute Gasteiger partial charge is 0.354 e. The second kappa shape index (κ2) is 10.7. The van der Waals surface area contributed by atoms with Gasteiger partial charge in [-0.2, -0.15) is 0 Å². The molecule has 2 aliphatic heterocycles. The Hall–Kier alpha value is -0.610. The molecule has 1 aromatic heterocycles. The maximum Gasteiger partial charge on any atom is 0.193 e. The monoisotopic (exact) mass is 492 g/mol. The lowest BCUT2D eigenvalue weighted by molar-refractivity contribution is 0.198. The van der Waals surface area contributed by atoms with Crippen molar-refractivity contribution in [2.24, 2.45) is 10.9 Å². The standard InChI is InChI=1S/C18H32N6S.HI/c1-19-17(20-11-16-14-25-18(21-16)22(2)3)24-10-7-15(13-24)12-23-8-5-4-6-9-23;/h14-15H,4-13H2,1-3H3,(H,19,20);1H. The number of piperidine rings is 1. The Morgan fingerprint density at radius 1 is 1.31 bits per heavy atom. The van der Waals surface area contributed by atoms with Crippen molar-refractivity contribution in [2.75, 3.05) is 58.8 Å². The van der Waals surface area contributed by atoms with Crippen molar-refractivity contribution in [2.45, 2.75) is 32.2 Å². The second-order valence-electron chi connectivity index (χ2n) is 7.38. The zero-order chi connectivity index (χ0) is 17.6. The van der Waals surface area contributed by atoms with Crippen molar-refractivity contribution in [3.8, 4) is 0 Å². The van der Waals surface area contributed by atoms with E-state index in [-0.39, 0.29) is 24.0 Å². The van der Waals surface area contributed by atoms with Crippen LogP contribution >= 0.6 is 35.3 Å². The molecule has 1 unspecified atom stereocenters. The van der Waals surface area contributed by atoms with Gasteiger partial charge in [0.25, 0.3) is 0 Å². The number of thiazole rings is 1. The maximum absolute atomic E-state index is 4.64. The summed E-state index contributed by atoms with van der Waals surface area (Å²) in [5, 5.41) is 6.67. The van der Waals surface area contributed by atoms with Gasteiger partial charge in [-0.3, -0.25) is 4.99 Å². The van der Waals surface area contributed by atoms with Crippen LogP contribution in [0.25, 0.3) is 0 Å². The number of nitrogens with one attached hydrogen (secondary N) is 1. The Balaban J connectivity index is 0.00000243. The molecule has 1 N–H and O–H groups in total. The molecule has 1 atom stereocenters. The number of hydrogen-bond acceptors (Lipinski definition) is 5. The molecule has 3 rings (SSSR count). The fourth-order valence-corrected chi connectivity index (χ4v) is 4.52. The fourth-order valence-electron chi connectivity index (χ4n) is 3.77. The summed E-state index contributed by atoms with van der Waals surface area (Å²) in [5.41, 5.74) is 1.08. The van der Waals surface area contributed by atoms with E-state index in [0.717, 1.165) is 42.3 Å². The van der Waals surface area contributed by atoms with Crippen molar-refractivity contribution >= 4 is 46.4 Å². The van der Waals surface area contributed by atoms with Crippen LogP contribution in [0.15, 0.2) is 10.4 Å². The van der Waals surface area contributed by atoms with Crippen molar-refractivity contribution in [3.63, 3.8) is 0 Å². The third-order valence-electron chi connectivity index (χ3n) is 5.11. The summed E-state index contributed by atoms with van der Waals surface area (Å²) in [6.07, 6.45) is 5.44. The van der Waals surface area contributed by atoms with Gasteiger partial charge in [0, 0.05) is 46.2 Å². The molecule has 0 saturated carbocycles. The minimum absolute atomic E-state index is 0. The van der Waals surface area contributed by atoms with E-state index in [1.54, 1.807) is 11.3 Å². The Bertz CT molecular complexity index is 570. The van der Waals surface area contributed by atoms with Gasteiger partial charge >= 0.3 is 0 Å². The van der Waals surface area contributed by atoms with E-state index < -0.39 is 0 Å². The Morgan fingerprint density at radius 2 is 2.08 bits per heavy atom. The van der Waals surface area contributed by atoms with Gasteiger partial charge < -0.3 is 20.0 Å². The summed E-state index contributed by atoms with van der Waals surface area (Å²) in [5.74, 6) is 1.79. The summed E-state index contributed by atoms with van der Waals surface area (Å²) < 4.78 is 0. The maximum atomic E-state index is 4.64. The summed E-state index contributed by atoms with van der Waals surface area (Å²) in [7, 11) is 5.94. The van der Waals surface area contributed by atoms with E-state index in [1.807, 2.05) is 21.1 Å². The van der Waals surface area contributed by atoms with E-state index in [4.69, 9.17) is 0 Å². The summed E-state index contributed by atoms with van der Waals surface area (Å²) in [4.78, 5) is 16.2. The Morgan fingerprint density at radius 3 is 2.73 bits per heavy atom.